The van der Waals surface area contributed by atoms with Gasteiger partial charge >= 0.3 is 0 Å². The Morgan fingerprint density at radius 1 is 1.41 bits per heavy atom. The van der Waals surface area contributed by atoms with Gasteiger partial charge in [-0.1, -0.05) is 22.0 Å². The van der Waals surface area contributed by atoms with Gasteiger partial charge in [0.2, 0.25) is 5.91 Å². The topological polar surface area (TPSA) is 43.8 Å². The molecule has 17 heavy (non-hydrogen) atoms. The SMILES string of the molecule is CN1CCN(c2ccc(CO)c(Br)c2)CC1=O. The standard InChI is InChI=1S/C12H15BrN2O2/c1-14-4-5-15(7-12(14)17)10-3-2-9(8-16)11(13)6-10/h2-3,6,16H,4-5,7-8H2,1H3. The second-order valence-corrected chi connectivity index (χ2v) is 5.03. The van der Waals surface area contributed by atoms with Crippen LogP contribution in [0.2, 0.25) is 0 Å². The highest BCUT2D eigenvalue weighted by Crippen LogP contribution is 2.25. The fourth-order valence-electron chi connectivity index (χ4n) is 1.84. The summed E-state index contributed by atoms with van der Waals surface area (Å²) in [6, 6.07) is 5.77. The minimum Gasteiger partial charge on any atom is -0.392 e. The monoisotopic (exact) mass is 298 g/mol. The maximum absolute atomic E-state index is 11.6. The molecular weight excluding hydrogens is 284 g/mol. The van der Waals surface area contributed by atoms with Crippen molar-refractivity contribution in [2.24, 2.45) is 0 Å². The summed E-state index contributed by atoms with van der Waals surface area (Å²) in [5.74, 6) is 0.138. The summed E-state index contributed by atoms with van der Waals surface area (Å²) in [7, 11) is 1.82. The Morgan fingerprint density at radius 3 is 2.76 bits per heavy atom. The molecule has 0 bridgehead atoms. The first-order valence-electron chi connectivity index (χ1n) is 5.50. The Morgan fingerprint density at radius 2 is 2.18 bits per heavy atom. The fraction of sp³-hybridized carbons (Fsp3) is 0.417. The molecule has 0 aromatic heterocycles. The summed E-state index contributed by atoms with van der Waals surface area (Å²) in [6.07, 6.45) is 0. The van der Waals surface area contributed by atoms with E-state index in [4.69, 9.17) is 5.11 Å². The molecule has 1 heterocycles. The van der Waals surface area contributed by atoms with E-state index in [1.807, 2.05) is 30.1 Å². The van der Waals surface area contributed by atoms with Crippen molar-refractivity contribution < 1.29 is 9.90 Å². The molecule has 0 spiro atoms. The number of rotatable bonds is 2. The van der Waals surface area contributed by atoms with Gasteiger partial charge in [0.25, 0.3) is 0 Å². The van der Waals surface area contributed by atoms with Crippen LogP contribution in [0.5, 0.6) is 0 Å². The lowest BCUT2D eigenvalue weighted by molar-refractivity contribution is -0.129. The number of carbonyl (C=O) groups is 1. The van der Waals surface area contributed by atoms with E-state index >= 15 is 0 Å². The van der Waals surface area contributed by atoms with Crippen molar-refractivity contribution in [3.8, 4) is 0 Å². The Bertz CT molecular complexity index is 437. The summed E-state index contributed by atoms with van der Waals surface area (Å²) in [5.41, 5.74) is 1.87. The molecule has 5 heteroatoms. The van der Waals surface area contributed by atoms with E-state index in [-0.39, 0.29) is 12.5 Å². The molecule has 1 saturated heterocycles. The van der Waals surface area contributed by atoms with Crippen LogP contribution in [-0.4, -0.2) is 42.6 Å². The first-order valence-corrected chi connectivity index (χ1v) is 6.29. The molecule has 1 fully saturated rings. The second kappa shape index (κ2) is 5.06. The van der Waals surface area contributed by atoms with Crippen LogP contribution in [0.4, 0.5) is 5.69 Å². The van der Waals surface area contributed by atoms with E-state index in [0.717, 1.165) is 28.8 Å². The van der Waals surface area contributed by atoms with Crippen LogP contribution in [0.1, 0.15) is 5.56 Å². The Labute approximate surface area is 109 Å². The van der Waals surface area contributed by atoms with Gasteiger partial charge in [-0.05, 0) is 17.7 Å². The number of piperazine rings is 1. The number of likely N-dealkylation sites (N-methyl/N-ethyl adjacent to an activating group) is 1. The minimum absolute atomic E-state index is 0.0164. The summed E-state index contributed by atoms with van der Waals surface area (Å²) in [5, 5.41) is 9.09. The smallest absolute Gasteiger partial charge is 0.241 e. The van der Waals surface area contributed by atoms with E-state index in [9.17, 15) is 4.79 Å². The molecule has 2 rings (SSSR count). The predicted molar refractivity (Wildman–Crippen MR) is 69.9 cm³/mol. The van der Waals surface area contributed by atoms with Crippen LogP contribution in [0.15, 0.2) is 22.7 Å². The van der Waals surface area contributed by atoms with Gasteiger partial charge in [-0.3, -0.25) is 4.79 Å². The van der Waals surface area contributed by atoms with E-state index in [2.05, 4.69) is 15.9 Å². The van der Waals surface area contributed by atoms with Crippen molar-refractivity contribution in [2.45, 2.75) is 6.61 Å². The zero-order valence-electron chi connectivity index (χ0n) is 9.69. The quantitative estimate of drug-likeness (QED) is 0.893. The van der Waals surface area contributed by atoms with Crippen molar-refractivity contribution in [3.63, 3.8) is 0 Å². The maximum Gasteiger partial charge on any atom is 0.241 e. The number of carbonyl (C=O) groups excluding carboxylic acids is 1. The third kappa shape index (κ3) is 2.61. The lowest BCUT2D eigenvalue weighted by Crippen LogP contribution is -2.48. The second-order valence-electron chi connectivity index (χ2n) is 4.17. The molecule has 1 aromatic carbocycles. The van der Waals surface area contributed by atoms with Gasteiger partial charge in [0, 0.05) is 30.3 Å². The molecule has 1 aliphatic rings. The molecule has 1 aromatic rings. The number of benzene rings is 1. The Balaban J connectivity index is 2.18. The summed E-state index contributed by atoms with van der Waals surface area (Å²) >= 11 is 3.42. The van der Waals surface area contributed by atoms with Crippen molar-refractivity contribution in [1.29, 1.82) is 0 Å². The van der Waals surface area contributed by atoms with E-state index in [0.29, 0.717) is 6.54 Å². The molecular formula is C12H15BrN2O2. The summed E-state index contributed by atoms with van der Waals surface area (Å²) in [6.45, 7) is 2.02. The fourth-order valence-corrected chi connectivity index (χ4v) is 2.33. The van der Waals surface area contributed by atoms with Gasteiger partial charge in [0.1, 0.15) is 0 Å². The average Bonchev–Trinajstić information content (AvgIpc) is 2.32. The van der Waals surface area contributed by atoms with Crippen molar-refractivity contribution in [1.82, 2.24) is 4.90 Å². The number of anilines is 1. The third-order valence-electron chi connectivity index (χ3n) is 3.03. The van der Waals surface area contributed by atoms with Gasteiger partial charge in [0.15, 0.2) is 0 Å². The highest BCUT2D eigenvalue weighted by Gasteiger charge is 2.21. The predicted octanol–water partition coefficient (Wildman–Crippen LogP) is 1.22. The molecule has 0 unspecified atom stereocenters. The molecule has 0 radical (unpaired) electrons. The van der Waals surface area contributed by atoms with Crippen LogP contribution in [-0.2, 0) is 11.4 Å². The number of halogens is 1. The molecule has 0 atom stereocenters. The first-order chi connectivity index (χ1) is 8.11. The van der Waals surface area contributed by atoms with Gasteiger partial charge in [-0.25, -0.2) is 0 Å². The molecule has 1 amide bonds. The lowest BCUT2D eigenvalue weighted by Gasteiger charge is -2.33. The van der Waals surface area contributed by atoms with E-state index in [1.54, 1.807) is 4.90 Å². The van der Waals surface area contributed by atoms with Gasteiger partial charge in [-0.2, -0.15) is 0 Å². The third-order valence-corrected chi connectivity index (χ3v) is 3.77. The van der Waals surface area contributed by atoms with Crippen molar-refractivity contribution >= 4 is 27.5 Å². The molecule has 0 aliphatic carbocycles. The van der Waals surface area contributed by atoms with Gasteiger partial charge in [-0.15, -0.1) is 0 Å². The Kier molecular flexibility index (Phi) is 3.69. The van der Waals surface area contributed by atoms with E-state index < -0.39 is 0 Å². The highest BCUT2D eigenvalue weighted by atomic mass is 79.9. The molecule has 4 nitrogen and oxygen atoms in total. The number of aliphatic hydroxyl groups excluding tert-OH is 1. The number of amides is 1. The number of hydrogen-bond donors (Lipinski definition) is 1. The van der Waals surface area contributed by atoms with E-state index in [1.165, 1.54) is 0 Å². The van der Waals surface area contributed by atoms with Crippen molar-refractivity contribution in [2.75, 3.05) is 31.6 Å². The molecule has 1 aliphatic heterocycles. The summed E-state index contributed by atoms with van der Waals surface area (Å²) < 4.78 is 0.879. The molecule has 92 valence electrons. The average molecular weight is 299 g/mol. The van der Waals surface area contributed by atoms with Gasteiger partial charge in [0.05, 0.1) is 13.2 Å². The normalized spacial score (nSPS) is 16.5. The van der Waals surface area contributed by atoms with Crippen LogP contribution < -0.4 is 4.90 Å². The lowest BCUT2D eigenvalue weighted by atomic mass is 10.2. The molecule has 1 N–H and O–H groups in total. The zero-order valence-corrected chi connectivity index (χ0v) is 11.3. The number of aliphatic hydroxyl groups is 1. The minimum atomic E-state index is 0.0164. The van der Waals surface area contributed by atoms with Crippen molar-refractivity contribution in [3.05, 3.63) is 28.2 Å². The Hall–Kier alpha value is -1.07. The molecule has 0 saturated carbocycles. The van der Waals surface area contributed by atoms with Crippen LogP contribution in [0, 0.1) is 0 Å². The maximum atomic E-state index is 11.6. The number of hydrogen-bond acceptors (Lipinski definition) is 3. The largest absolute Gasteiger partial charge is 0.392 e. The van der Waals surface area contributed by atoms with Crippen LogP contribution in [0.3, 0.4) is 0 Å². The highest BCUT2D eigenvalue weighted by molar-refractivity contribution is 9.10. The van der Waals surface area contributed by atoms with Crippen LogP contribution in [0.25, 0.3) is 0 Å². The van der Waals surface area contributed by atoms with Crippen LogP contribution >= 0.6 is 15.9 Å². The summed E-state index contributed by atoms with van der Waals surface area (Å²) in [4.78, 5) is 15.4. The number of nitrogens with zero attached hydrogens (tertiary/aromatic N) is 2. The zero-order chi connectivity index (χ0) is 12.4. The van der Waals surface area contributed by atoms with Gasteiger partial charge < -0.3 is 14.9 Å². The first kappa shape index (κ1) is 12.4.